The summed E-state index contributed by atoms with van der Waals surface area (Å²) in [5, 5.41) is 11.7. The minimum atomic E-state index is -0.479. The Labute approximate surface area is 84.3 Å². The van der Waals surface area contributed by atoms with Crippen LogP contribution in [0.3, 0.4) is 0 Å². The van der Waals surface area contributed by atoms with Crippen LogP contribution in [-0.4, -0.2) is 9.91 Å². The van der Waals surface area contributed by atoms with Crippen molar-refractivity contribution in [3.8, 4) is 0 Å². The van der Waals surface area contributed by atoms with Crippen molar-refractivity contribution in [2.75, 3.05) is 0 Å². The van der Waals surface area contributed by atoms with Crippen molar-refractivity contribution in [2.45, 2.75) is 0 Å². The molecule has 0 fully saturated rings. The van der Waals surface area contributed by atoms with Gasteiger partial charge in [0.2, 0.25) is 0 Å². The molecule has 0 saturated heterocycles. The molecule has 0 amide bonds. The number of rotatable bonds is 1. The average molecular weight is 209 g/mol. The Bertz CT molecular complexity index is 513. The highest BCUT2D eigenvalue weighted by Gasteiger charge is 2.06. The maximum absolute atomic E-state index is 10.5. The van der Waals surface area contributed by atoms with Gasteiger partial charge in [0.1, 0.15) is 6.20 Å². The number of hydrogen-bond donors (Lipinski definition) is 0. The molecule has 0 aliphatic rings. The number of aromatic nitrogens is 1. The second-order valence-electron chi connectivity index (χ2n) is 2.79. The van der Waals surface area contributed by atoms with E-state index in [0.717, 1.165) is 0 Å². The molecule has 1 heterocycles. The Morgan fingerprint density at radius 3 is 2.86 bits per heavy atom. The lowest BCUT2D eigenvalue weighted by molar-refractivity contribution is -0.385. The molecule has 0 atom stereocenters. The molecule has 5 heteroatoms. The first-order chi connectivity index (χ1) is 6.66. The molecule has 0 N–H and O–H groups in total. The summed E-state index contributed by atoms with van der Waals surface area (Å²) in [6, 6.07) is 6.52. The largest absolute Gasteiger partial charge is 0.288 e. The number of halogens is 1. The van der Waals surface area contributed by atoms with Crippen LogP contribution < -0.4 is 0 Å². The highest BCUT2D eigenvalue weighted by Crippen LogP contribution is 2.21. The van der Waals surface area contributed by atoms with Gasteiger partial charge in [-0.15, -0.1) is 0 Å². The van der Waals surface area contributed by atoms with Crippen LogP contribution in [0.25, 0.3) is 10.9 Å². The van der Waals surface area contributed by atoms with E-state index in [1.807, 2.05) is 0 Å². The summed E-state index contributed by atoms with van der Waals surface area (Å²) in [5.74, 6) is 0. The van der Waals surface area contributed by atoms with Crippen LogP contribution >= 0.6 is 11.6 Å². The number of fused-ring (bicyclic) bond motifs is 1. The molecule has 0 unspecified atom stereocenters. The van der Waals surface area contributed by atoms with Gasteiger partial charge in [-0.2, -0.15) is 0 Å². The van der Waals surface area contributed by atoms with E-state index in [0.29, 0.717) is 15.9 Å². The van der Waals surface area contributed by atoms with Crippen LogP contribution in [-0.2, 0) is 0 Å². The lowest BCUT2D eigenvalue weighted by Crippen LogP contribution is -1.89. The van der Waals surface area contributed by atoms with Crippen molar-refractivity contribution < 1.29 is 4.92 Å². The normalized spacial score (nSPS) is 10.4. The molecule has 0 spiro atoms. The lowest BCUT2D eigenvalue weighted by atomic mass is 10.2. The molecule has 0 aliphatic carbocycles. The lowest BCUT2D eigenvalue weighted by Gasteiger charge is -1.97. The first kappa shape index (κ1) is 8.90. The highest BCUT2D eigenvalue weighted by atomic mass is 35.5. The molecule has 1 aromatic carbocycles. The minimum Gasteiger partial charge on any atom is -0.258 e. The Balaban J connectivity index is 2.69. The van der Waals surface area contributed by atoms with Crippen LogP contribution in [0.15, 0.2) is 30.5 Å². The summed E-state index contributed by atoms with van der Waals surface area (Å²) in [5.41, 5.74) is 0.666. The summed E-state index contributed by atoms with van der Waals surface area (Å²) in [4.78, 5) is 13.9. The molecule has 4 nitrogen and oxygen atoms in total. The van der Waals surface area contributed by atoms with Gasteiger partial charge >= 0.3 is 0 Å². The van der Waals surface area contributed by atoms with Crippen molar-refractivity contribution in [1.29, 1.82) is 0 Å². The zero-order chi connectivity index (χ0) is 10.1. The van der Waals surface area contributed by atoms with Crippen molar-refractivity contribution in [3.63, 3.8) is 0 Å². The van der Waals surface area contributed by atoms with Crippen LogP contribution in [0.2, 0.25) is 5.02 Å². The van der Waals surface area contributed by atoms with Crippen LogP contribution in [0, 0.1) is 10.1 Å². The first-order valence-corrected chi connectivity index (χ1v) is 4.24. The number of pyridine rings is 1. The summed E-state index contributed by atoms with van der Waals surface area (Å²) in [6.07, 6.45) is 1.23. The van der Waals surface area contributed by atoms with Gasteiger partial charge < -0.3 is 0 Å². The number of hydrogen-bond acceptors (Lipinski definition) is 3. The molecular formula is C9H5ClN2O2. The quantitative estimate of drug-likeness (QED) is 0.535. The topological polar surface area (TPSA) is 56.0 Å². The average Bonchev–Trinajstić information content (AvgIpc) is 2.16. The fourth-order valence-corrected chi connectivity index (χ4v) is 1.37. The third-order valence-electron chi connectivity index (χ3n) is 1.84. The fourth-order valence-electron chi connectivity index (χ4n) is 1.19. The molecule has 1 aromatic heterocycles. The van der Waals surface area contributed by atoms with E-state index in [9.17, 15) is 10.1 Å². The van der Waals surface area contributed by atoms with Gasteiger partial charge in [-0.3, -0.25) is 10.1 Å². The monoisotopic (exact) mass is 208 g/mol. The maximum atomic E-state index is 10.5. The predicted molar refractivity (Wildman–Crippen MR) is 53.4 cm³/mol. The zero-order valence-electron chi connectivity index (χ0n) is 6.98. The van der Waals surface area contributed by atoms with E-state index in [4.69, 9.17) is 11.6 Å². The van der Waals surface area contributed by atoms with Crippen LogP contribution in [0.5, 0.6) is 0 Å². The van der Waals surface area contributed by atoms with Crippen molar-refractivity contribution >= 4 is 28.2 Å². The van der Waals surface area contributed by atoms with E-state index < -0.39 is 4.92 Å². The Hall–Kier alpha value is -1.68. The summed E-state index contributed by atoms with van der Waals surface area (Å²) in [7, 11) is 0. The molecule has 2 rings (SSSR count). The van der Waals surface area contributed by atoms with Gasteiger partial charge in [0, 0.05) is 16.5 Å². The van der Waals surface area contributed by atoms with Gasteiger partial charge in [-0.05, 0) is 18.2 Å². The SMILES string of the molecule is O=[N+]([O-])c1cnc2ccc(Cl)cc2c1. The molecule has 70 valence electrons. The molecule has 2 aromatic rings. The molecule has 0 saturated carbocycles. The van der Waals surface area contributed by atoms with Crippen molar-refractivity contribution in [3.05, 3.63) is 45.6 Å². The zero-order valence-corrected chi connectivity index (χ0v) is 7.73. The van der Waals surface area contributed by atoms with Gasteiger partial charge in [0.15, 0.2) is 0 Å². The Morgan fingerprint density at radius 2 is 2.14 bits per heavy atom. The van der Waals surface area contributed by atoms with Crippen LogP contribution in [0.1, 0.15) is 0 Å². The highest BCUT2D eigenvalue weighted by molar-refractivity contribution is 6.31. The Morgan fingerprint density at radius 1 is 1.36 bits per heavy atom. The van der Waals surface area contributed by atoms with Gasteiger partial charge in [-0.25, -0.2) is 4.98 Å². The molecule has 0 radical (unpaired) electrons. The first-order valence-electron chi connectivity index (χ1n) is 3.86. The summed E-state index contributed by atoms with van der Waals surface area (Å²) in [6.45, 7) is 0. The second kappa shape index (κ2) is 3.23. The summed E-state index contributed by atoms with van der Waals surface area (Å²) < 4.78 is 0. The van der Waals surface area contributed by atoms with E-state index >= 15 is 0 Å². The van der Waals surface area contributed by atoms with E-state index in [1.54, 1.807) is 18.2 Å². The van der Waals surface area contributed by atoms with E-state index in [1.165, 1.54) is 12.3 Å². The third kappa shape index (κ3) is 1.52. The van der Waals surface area contributed by atoms with Crippen LogP contribution in [0.4, 0.5) is 5.69 Å². The number of benzene rings is 1. The van der Waals surface area contributed by atoms with Crippen molar-refractivity contribution in [1.82, 2.24) is 4.98 Å². The maximum Gasteiger partial charge on any atom is 0.288 e. The predicted octanol–water partition coefficient (Wildman–Crippen LogP) is 2.80. The number of nitro groups is 1. The van der Waals surface area contributed by atoms with E-state index in [-0.39, 0.29) is 5.69 Å². The molecule has 14 heavy (non-hydrogen) atoms. The van der Waals surface area contributed by atoms with Gasteiger partial charge in [0.25, 0.3) is 5.69 Å². The van der Waals surface area contributed by atoms with Gasteiger partial charge in [-0.1, -0.05) is 11.6 Å². The Kier molecular flexibility index (Phi) is 2.05. The number of nitrogens with zero attached hydrogens (tertiary/aromatic N) is 2. The molecule has 0 aliphatic heterocycles. The fraction of sp³-hybridized carbons (Fsp3) is 0. The standard InChI is InChI=1S/C9H5ClN2O2/c10-7-1-2-9-6(3-7)4-8(5-11-9)12(13)14/h1-5H. The van der Waals surface area contributed by atoms with Gasteiger partial charge in [0.05, 0.1) is 10.4 Å². The third-order valence-corrected chi connectivity index (χ3v) is 2.07. The molecule has 0 bridgehead atoms. The summed E-state index contributed by atoms with van der Waals surface area (Å²) >= 11 is 5.75. The second-order valence-corrected chi connectivity index (χ2v) is 3.22. The smallest absolute Gasteiger partial charge is 0.258 e. The van der Waals surface area contributed by atoms with E-state index in [2.05, 4.69) is 4.98 Å². The van der Waals surface area contributed by atoms with Crippen molar-refractivity contribution in [2.24, 2.45) is 0 Å². The minimum absolute atomic E-state index is 0.0280. The molecular weight excluding hydrogens is 204 g/mol.